The molecule has 1 heterocycles. The summed E-state index contributed by atoms with van der Waals surface area (Å²) in [6.07, 6.45) is 7.23. The second-order valence-corrected chi connectivity index (χ2v) is 5.22. The quantitative estimate of drug-likeness (QED) is 0.791. The van der Waals surface area contributed by atoms with Crippen molar-refractivity contribution in [3.05, 3.63) is 0 Å². The third-order valence-electron chi connectivity index (χ3n) is 4.11. The van der Waals surface area contributed by atoms with Crippen molar-refractivity contribution < 1.29 is 0 Å². The second-order valence-electron chi connectivity index (χ2n) is 5.22. The molecule has 2 aliphatic rings. The highest BCUT2D eigenvalue weighted by atomic mass is 15.2. The summed E-state index contributed by atoms with van der Waals surface area (Å²) < 4.78 is 0. The number of rotatable bonds is 3. The van der Waals surface area contributed by atoms with Crippen LogP contribution in [0.15, 0.2) is 0 Å². The smallest absolute Gasteiger partial charge is 0.108 e. The molecule has 2 unspecified atom stereocenters. The van der Waals surface area contributed by atoms with E-state index < -0.39 is 0 Å². The van der Waals surface area contributed by atoms with Crippen LogP contribution in [0.4, 0.5) is 0 Å². The van der Waals surface area contributed by atoms with Crippen molar-refractivity contribution in [1.29, 1.82) is 5.26 Å². The van der Waals surface area contributed by atoms with Gasteiger partial charge in [0.25, 0.3) is 0 Å². The lowest BCUT2D eigenvalue weighted by Gasteiger charge is -2.40. The molecule has 2 atom stereocenters. The Morgan fingerprint density at radius 2 is 2.12 bits per heavy atom. The molecule has 1 saturated heterocycles. The van der Waals surface area contributed by atoms with Gasteiger partial charge in [0.05, 0.1) is 6.07 Å². The molecule has 0 aromatic rings. The predicted molar refractivity (Wildman–Crippen MR) is 65.1 cm³/mol. The Kier molecular flexibility index (Phi) is 3.83. The average Bonchev–Trinajstić information content (AvgIpc) is 2.83. The van der Waals surface area contributed by atoms with Gasteiger partial charge in [-0.25, -0.2) is 0 Å². The lowest BCUT2D eigenvalue weighted by molar-refractivity contribution is 0.144. The van der Waals surface area contributed by atoms with Crippen LogP contribution < -0.4 is 5.32 Å². The first-order chi connectivity index (χ1) is 7.79. The first-order valence-electron chi connectivity index (χ1n) is 6.70. The van der Waals surface area contributed by atoms with E-state index in [9.17, 15) is 5.26 Å². The van der Waals surface area contributed by atoms with Gasteiger partial charge in [-0.15, -0.1) is 0 Å². The summed E-state index contributed by atoms with van der Waals surface area (Å²) in [7, 11) is 0. The highest BCUT2D eigenvalue weighted by Crippen LogP contribution is 2.32. The Labute approximate surface area is 98.8 Å². The molecule has 0 bridgehead atoms. The van der Waals surface area contributed by atoms with E-state index in [-0.39, 0.29) is 5.54 Å². The van der Waals surface area contributed by atoms with Crippen molar-refractivity contribution in [3.8, 4) is 6.07 Å². The maximum atomic E-state index is 9.40. The highest BCUT2D eigenvalue weighted by molar-refractivity contribution is 5.11. The zero-order valence-electron chi connectivity index (χ0n) is 10.3. The molecule has 0 radical (unpaired) electrons. The molecule has 1 N–H and O–H groups in total. The normalized spacial score (nSPS) is 36.1. The molecule has 2 rings (SSSR count). The van der Waals surface area contributed by atoms with E-state index in [0.717, 1.165) is 19.4 Å². The fourth-order valence-corrected chi connectivity index (χ4v) is 3.30. The summed E-state index contributed by atoms with van der Waals surface area (Å²) in [5, 5.41) is 12.8. The Bertz CT molecular complexity index is 261. The van der Waals surface area contributed by atoms with Gasteiger partial charge in [0.1, 0.15) is 5.54 Å². The van der Waals surface area contributed by atoms with Crippen molar-refractivity contribution in [2.24, 2.45) is 0 Å². The fourth-order valence-electron chi connectivity index (χ4n) is 3.30. The largest absolute Gasteiger partial charge is 0.300 e. The number of hydrogen-bond donors (Lipinski definition) is 1. The standard InChI is InChI=1S/C13H23N3/c1-2-15-13(11-14)7-5-6-12(10-13)16-8-3-4-9-16/h12,15H,2-10H2,1H3. The van der Waals surface area contributed by atoms with Gasteiger partial charge in [0.15, 0.2) is 0 Å². The third kappa shape index (κ3) is 2.39. The van der Waals surface area contributed by atoms with Crippen LogP contribution in [0.3, 0.4) is 0 Å². The molecule has 1 saturated carbocycles. The third-order valence-corrected chi connectivity index (χ3v) is 4.11. The zero-order valence-corrected chi connectivity index (χ0v) is 10.3. The Hall–Kier alpha value is -0.590. The minimum atomic E-state index is -0.236. The maximum absolute atomic E-state index is 9.40. The molecule has 16 heavy (non-hydrogen) atoms. The molecule has 2 fully saturated rings. The first kappa shape index (κ1) is 11.9. The predicted octanol–water partition coefficient (Wildman–Crippen LogP) is 1.90. The molecule has 0 spiro atoms. The van der Waals surface area contributed by atoms with Crippen molar-refractivity contribution in [3.63, 3.8) is 0 Å². The lowest BCUT2D eigenvalue weighted by Crippen LogP contribution is -2.52. The van der Waals surface area contributed by atoms with E-state index in [1.165, 1.54) is 38.8 Å². The number of nitrogens with one attached hydrogen (secondary N) is 1. The molecule has 3 heteroatoms. The highest BCUT2D eigenvalue weighted by Gasteiger charge is 2.38. The number of likely N-dealkylation sites (tertiary alicyclic amines) is 1. The van der Waals surface area contributed by atoms with Crippen molar-refractivity contribution in [1.82, 2.24) is 10.2 Å². The van der Waals surface area contributed by atoms with Gasteiger partial charge in [-0.2, -0.15) is 5.26 Å². The summed E-state index contributed by atoms with van der Waals surface area (Å²) in [6.45, 7) is 5.50. The van der Waals surface area contributed by atoms with E-state index in [2.05, 4.69) is 23.2 Å². The van der Waals surface area contributed by atoms with Gasteiger partial charge in [0, 0.05) is 6.04 Å². The molecular formula is C13H23N3. The van der Waals surface area contributed by atoms with E-state index in [1.807, 2.05) is 0 Å². The molecule has 1 aliphatic carbocycles. The number of hydrogen-bond acceptors (Lipinski definition) is 3. The Morgan fingerprint density at radius 1 is 1.38 bits per heavy atom. The zero-order chi connectivity index (χ0) is 11.4. The minimum absolute atomic E-state index is 0.236. The van der Waals surface area contributed by atoms with Crippen LogP contribution in [-0.4, -0.2) is 36.1 Å². The summed E-state index contributed by atoms with van der Waals surface area (Å²) in [4.78, 5) is 2.60. The lowest BCUT2D eigenvalue weighted by atomic mass is 9.79. The van der Waals surface area contributed by atoms with Crippen LogP contribution in [0.25, 0.3) is 0 Å². The van der Waals surface area contributed by atoms with Gasteiger partial charge < -0.3 is 4.90 Å². The van der Waals surface area contributed by atoms with Crippen LogP contribution in [-0.2, 0) is 0 Å². The fraction of sp³-hybridized carbons (Fsp3) is 0.923. The summed E-state index contributed by atoms with van der Waals surface area (Å²) in [6, 6.07) is 3.18. The first-order valence-corrected chi connectivity index (χ1v) is 6.70. The van der Waals surface area contributed by atoms with Gasteiger partial charge in [0.2, 0.25) is 0 Å². The van der Waals surface area contributed by atoms with Crippen molar-refractivity contribution >= 4 is 0 Å². The van der Waals surface area contributed by atoms with Crippen molar-refractivity contribution in [2.75, 3.05) is 19.6 Å². The van der Waals surface area contributed by atoms with Crippen LogP contribution >= 0.6 is 0 Å². The monoisotopic (exact) mass is 221 g/mol. The summed E-state index contributed by atoms with van der Waals surface area (Å²) in [5.74, 6) is 0. The van der Waals surface area contributed by atoms with E-state index in [0.29, 0.717) is 6.04 Å². The molecule has 1 aliphatic heterocycles. The van der Waals surface area contributed by atoms with E-state index in [4.69, 9.17) is 0 Å². The SMILES string of the molecule is CCNC1(C#N)CCCC(N2CCCC2)C1. The number of nitrogens with zero attached hydrogens (tertiary/aromatic N) is 2. The van der Waals surface area contributed by atoms with Crippen LogP contribution in [0.2, 0.25) is 0 Å². The molecule has 90 valence electrons. The van der Waals surface area contributed by atoms with Crippen LogP contribution in [0.5, 0.6) is 0 Å². The van der Waals surface area contributed by atoms with E-state index >= 15 is 0 Å². The second kappa shape index (κ2) is 5.16. The van der Waals surface area contributed by atoms with Crippen molar-refractivity contribution in [2.45, 2.75) is 57.0 Å². The van der Waals surface area contributed by atoms with Gasteiger partial charge in [-0.05, 0) is 58.2 Å². The molecule has 0 aromatic heterocycles. The molecular weight excluding hydrogens is 198 g/mol. The van der Waals surface area contributed by atoms with Crippen LogP contribution in [0.1, 0.15) is 45.4 Å². The topological polar surface area (TPSA) is 39.1 Å². The summed E-state index contributed by atoms with van der Waals surface area (Å²) >= 11 is 0. The molecule has 3 nitrogen and oxygen atoms in total. The van der Waals surface area contributed by atoms with Gasteiger partial charge >= 0.3 is 0 Å². The van der Waals surface area contributed by atoms with Gasteiger partial charge in [-0.1, -0.05) is 6.92 Å². The van der Waals surface area contributed by atoms with Gasteiger partial charge in [-0.3, -0.25) is 5.32 Å². The van der Waals surface area contributed by atoms with E-state index in [1.54, 1.807) is 0 Å². The van der Waals surface area contributed by atoms with Crippen LogP contribution in [0, 0.1) is 11.3 Å². The average molecular weight is 221 g/mol. The molecule has 0 amide bonds. The Morgan fingerprint density at radius 3 is 2.75 bits per heavy atom. The Balaban J connectivity index is 1.99. The minimum Gasteiger partial charge on any atom is -0.300 e. The summed E-state index contributed by atoms with van der Waals surface area (Å²) in [5.41, 5.74) is -0.236. The molecule has 0 aromatic carbocycles. The number of nitriles is 1. The maximum Gasteiger partial charge on any atom is 0.108 e.